The zero-order chi connectivity index (χ0) is 16.2. The molecule has 1 rings (SSSR count). The Hall–Kier alpha value is -2.03. The van der Waals surface area contributed by atoms with Crippen molar-refractivity contribution in [2.45, 2.75) is 13.0 Å². The molecule has 118 valence electrons. The van der Waals surface area contributed by atoms with E-state index in [1.54, 1.807) is 6.92 Å². The first-order valence-electron chi connectivity index (χ1n) is 6.02. The molecule has 21 heavy (non-hydrogen) atoms. The van der Waals surface area contributed by atoms with Crippen LogP contribution in [-0.4, -0.2) is 45.6 Å². The highest BCUT2D eigenvalue weighted by molar-refractivity contribution is 7.90. The zero-order valence-corrected chi connectivity index (χ0v) is 13.1. The van der Waals surface area contributed by atoms with Crippen molar-refractivity contribution < 1.29 is 22.8 Å². The van der Waals surface area contributed by atoms with Crippen molar-refractivity contribution in [2.75, 3.05) is 31.5 Å². The van der Waals surface area contributed by atoms with Gasteiger partial charge >= 0.3 is 0 Å². The van der Waals surface area contributed by atoms with Crippen LogP contribution in [0.1, 0.15) is 6.92 Å². The number of nitro benzene ring substituents is 1. The predicted molar refractivity (Wildman–Crippen MR) is 79.0 cm³/mol. The highest BCUT2D eigenvalue weighted by Gasteiger charge is 2.21. The number of sulfone groups is 1. The summed E-state index contributed by atoms with van der Waals surface area (Å²) in [6, 6.07) is 2.15. The molecule has 0 heterocycles. The second-order valence-corrected chi connectivity index (χ2v) is 6.80. The second kappa shape index (κ2) is 6.61. The van der Waals surface area contributed by atoms with Gasteiger partial charge in [-0.1, -0.05) is 0 Å². The van der Waals surface area contributed by atoms with Gasteiger partial charge in [-0.15, -0.1) is 0 Å². The fourth-order valence-electron chi connectivity index (χ4n) is 1.90. The monoisotopic (exact) mass is 318 g/mol. The molecule has 0 saturated heterocycles. The minimum absolute atomic E-state index is 0.140. The molecule has 0 fully saturated rings. The maximum absolute atomic E-state index is 11.3. The molecule has 1 N–H and O–H groups in total. The van der Waals surface area contributed by atoms with Gasteiger partial charge in [0.05, 0.1) is 31.0 Å². The summed E-state index contributed by atoms with van der Waals surface area (Å²) in [6.45, 7) is 1.63. The van der Waals surface area contributed by atoms with Crippen LogP contribution in [0.5, 0.6) is 11.5 Å². The van der Waals surface area contributed by atoms with E-state index < -0.39 is 20.8 Å². The third kappa shape index (κ3) is 4.78. The van der Waals surface area contributed by atoms with Gasteiger partial charge < -0.3 is 14.8 Å². The number of hydrogen-bond donors (Lipinski definition) is 1. The quantitative estimate of drug-likeness (QED) is 0.599. The van der Waals surface area contributed by atoms with Crippen molar-refractivity contribution in [1.82, 2.24) is 0 Å². The number of nitrogens with one attached hydrogen (secondary N) is 1. The molecule has 1 aromatic carbocycles. The molecule has 1 aromatic rings. The van der Waals surface area contributed by atoms with Crippen LogP contribution in [-0.2, 0) is 9.84 Å². The summed E-state index contributed by atoms with van der Waals surface area (Å²) in [7, 11) is -0.407. The maximum Gasteiger partial charge on any atom is 0.296 e. The van der Waals surface area contributed by atoms with Gasteiger partial charge in [-0.05, 0) is 6.92 Å². The topological polar surface area (TPSA) is 108 Å². The lowest BCUT2D eigenvalue weighted by Gasteiger charge is -2.16. The Kier molecular flexibility index (Phi) is 5.36. The van der Waals surface area contributed by atoms with E-state index in [-0.39, 0.29) is 22.9 Å². The highest BCUT2D eigenvalue weighted by atomic mass is 32.2. The van der Waals surface area contributed by atoms with Crippen LogP contribution in [0, 0.1) is 10.1 Å². The van der Waals surface area contributed by atoms with E-state index in [0.29, 0.717) is 5.75 Å². The summed E-state index contributed by atoms with van der Waals surface area (Å²) in [5.41, 5.74) is -0.0400. The van der Waals surface area contributed by atoms with Gasteiger partial charge in [0.15, 0.2) is 11.5 Å². The van der Waals surface area contributed by atoms with E-state index in [1.165, 1.54) is 26.4 Å². The van der Waals surface area contributed by atoms with Gasteiger partial charge in [-0.2, -0.15) is 0 Å². The van der Waals surface area contributed by atoms with Crippen LogP contribution >= 0.6 is 0 Å². The van der Waals surface area contributed by atoms with Crippen molar-refractivity contribution in [3.05, 3.63) is 22.2 Å². The van der Waals surface area contributed by atoms with Crippen LogP contribution in [0.25, 0.3) is 0 Å². The van der Waals surface area contributed by atoms with Crippen molar-refractivity contribution in [3.8, 4) is 11.5 Å². The Morgan fingerprint density at radius 1 is 1.29 bits per heavy atom. The molecule has 0 amide bonds. The van der Waals surface area contributed by atoms with Gasteiger partial charge in [0, 0.05) is 18.4 Å². The molecular formula is C12H18N2O6S. The van der Waals surface area contributed by atoms with Gasteiger partial charge in [-0.25, -0.2) is 8.42 Å². The summed E-state index contributed by atoms with van der Waals surface area (Å²) in [6.07, 6.45) is 1.11. The molecule has 8 nitrogen and oxygen atoms in total. The van der Waals surface area contributed by atoms with Gasteiger partial charge in [0.2, 0.25) is 0 Å². The summed E-state index contributed by atoms with van der Waals surface area (Å²) in [4.78, 5) is 10.5. The number of hydrogen-bond acceptors (Lipinski definition) is 7. The van der Waals surface area contributed by atoms with Crippen LogP contribution in [0.2, 0.25) is 0 Å². The summed E-state index contributed by atoms with van der Waals surface area (Å²) in [5, 5.41) is 13.9. The molecule has 1 atom stereocenters. The van der Waals surface area contributed by atoms with E-state index in [1.807, 2.05) is 0 Å². The van der Waals surface area contributed by atoms with Crippen molar-refractivity contribution in [1.29, 1.82) is 0 Å². The Morgan fingerprint density at radius 2 is 1.81 bits per heavy atom. The van der Waals surface area contributed by atoms with Gasteiger partial charge in [0.1, 0.15) is 15.5 Å². The first-order valence-corrected chi connectivity index (χ1v) is 8.08. The molecule has 0 saturated carbocycles. The van der Waals surface area contributed by atoms with Gasteiger partial charge in [0.25, 0.3) is 5.69 Å². The predicted octanol–water partition coefficient (Wildman–Crippen LogP) is 1.46. The average Bonchev–Trinajstić information content (AvgIpc) is 2.35. The van der Waals surface area contributed by atoms with Crippen LogP contribution in [0.15, 0.2) is 12.1 Å². The number of anilines is 1. The largest absolute Gasteiger partial charge is 0.493 e. The minimum atomic E-state index is -3.19. The maximum atomic E-state index is 11.3. The number of nitrogens with zero attached hydrogens (tertiary/aromatic N) is 1. The number of methoxy groups -OCH3 is 2. The lowest BCUT2D eigenvalue weighted by atomic mass is 10.2. The Morgan fingerprint density at radius 3 is 2.24 bits per heavy atom. The number of rotatable bonds is 7. The first-order chi connectivity index (χ1) is 9.67. The molecule has 0 aliphatic heterocycles. The molecule has 0 aromatic heterocycles. The van der Waals surface area contributed by atoms with E-state index in [0.717, 1.165) is 6.26 Å². The van der Waals surface area contributed by atoms with E-state index in [2.05, 4.69) is 5.32 Å². The smallest absolute Gasteiger partial charge is 0.296 e. The standard InChI is InChI=1S/C12H18N2O6S/c1-8(7-21(4,17)18)13-9-5-11(19-2)12(20-3)6-10(9)14(15)16/h5-6,8,13H,7H2,1-4H3. The Labute approximate surface area is 123 Å². The molecule has 0 spiro atoms. The van der Waals surface area contributed by atoms with Crippen LogP contribution < -0.4 is 14.8 Å². The molecule has 0 radical (unpaired) electrons. The average molecular weight is 318 g/mol. The second-order valence-electron chi connectivity index (χ2n) is 4.62. The number of benzene rings is 1. The minimum Gasteiger partial charge on any atom is -0.493 e. The van der Waals surface area contributed by atoms with E-state index in [9.17, 15) is 18.5 Å². The van der Waals surface area contributed by atoms with E-state index >= 15 is 0 Å². The third-order valence-corrected chi connectivity index (χ3v) is 3.76. The number of ether oxygens (including phenoxy) is 2. The third-order valence-electron chi connectivity index (χ3n) is 2.65. The molecule has 9 heteroatoms. The van der Waals surface area contributed by atoms with E-state index in [4.69, 9.17) is 9.47 Å². The van der Waals surface area contributed by atoms with Crippen molar-refractivity contribution in [2.24, 2.45) is 0 Å². The van der Waals surface area contributed by atoms with Gasteiger partial charge in [-0.3, -0.25) is 10.1 Å². The van der Waals surface area contributed by atoms with Crippen LogP contribution in [0.4, 0.5) is 11.4 Å². The highest BCUT2D eigenvalue weighted by Crippen LogP contribution is 2.37. The lowest BCUT2D eigenvalue weighted by molar-refractivity contribution is -0.384. The number of nitro groups is 1. The SMILES string of the molecule is COc1cc(NC(C)CS(C)(=O)=O)c([N+](=O)[O-])cc1OC. The zero-order valence-electron chi connectivity index (χ0n) is 12.2. The Balaban J connectivity index is 3.18. The normalized spacial score (nSPS) is 12.6. The molecule has 0 aliphatic rings. The first kappa shape index (κ1) is 17.0. The fraction of sp³-hybridized carbons (Fsp3) is 0.500. The summed E-state index contributed by atoms with van der Waals surface area (Å²) in [5.74, 6) is 0.404. The summed E-state index contributed by atoms with van der Waals surface area (Å²) < 4.78 is 32.6. The lowest BCUT2D eigenvalue weighted by Crippen LogP contribution is -2.25. The van der Waals surface area contributed by atoms with Crippen molar-refractivity contribution in [3.63, 3.8) is 0 Å². The van der Waals surface area contributed by atoms with Crippen LogP contribution in [0.3, 0.4) is 0 Å². The molecule has 0 bridgehead atoms. The summed E-state index contributed by atoms with van der Waals surface area (Å²) >= 11 is 0. The van der Waals surface area contributed by atoms with Crippen molar-refractivity contribution >= 4 is 21.2 Å². The molecule has 1 unspecified atom stereocenters. The molecular weight excluding hydrogens is 300 g/mol. The fourth-order valence-corrected chi connectivity index (χ4v) is 2.89. The molecule has 0 aliphatic carbocycles. The Bertz CT molecular complexity index is 629.